The summed E-state index contributed by atoms with van der Waals surface area (Å²) in [4.78, 5) is 27.6. The highest BCUT2D eigenvalue weighted by molar-refractivity contribution is 7.89. The summed E-state index contributed by atoms with van der Waals surface area (Å²) >= 11 is 12.0. The van der Waals surface area contributed by atoms with Gasteiger partial charge in [0.15, 0.2) is 6.17 Å². The largest absolute Gasteiger partial charge is 0.352 e. The maximum absolute atomic E-state index is 13.6. The minimum Gasteiger partial charge on any atom is -0.352 e. The van der Waals surface area contributed by atoms with Crippen LogP contribution in [0.1, 0.15) is 10.4 Å². The van der Waals surface area contributed by atoms with E-state index in [9.17, 15) is 18.0 Å². The third kappa shape index (κ3) is 4.62. The maximum atomic E-state index is 13.6. The van der Waals surface area contributed by atoms with E-state index in [0.717, 1.165) is 15.1 Å². The van der Waals surface area contributed by atoms with Gasteiger partial charge in [-0.2, -0.15) is 4.31 Å². The predicted octanol–water partition coefficient (Wildman–Crippen LogP) is 2.69. The van der Waals surface area contributed by atoms with Crippen molar-refractivity contribution in [1.29, 1.82) is 0 Å². The quantitative estimate of drug-likeness (QED) is 0.518. The second-order valence-corrected chi connectivity index (χ2v) is 10.4. The lowest BCUT2D eigenvalue weighted by Crippen LogP contribution is -2.54. The van der Waals surface area contributed by atoms with Gasteiger partial charge < -0.3 is 16.0 Å². The zero-order valence-corrected chi connectivity index (χ0v) is 20.3. The summed E-state index contributed by atoms with van der Waals surface area (Å²) in [5, 5.41) is 4.69. The fraction of sp³-hybridized carbons (Fsp3) is 0.217. The van der Waals surface area contributed by atoms with Crippen LogP contribution in [0.2, 0.25) is 10.0 Å². The van der Waals surface area contributed by atoms with E-state index in [-0.39, 0.29) is 46.7 Å². The van der Waals surface area contributed by atoms with Crippen LogP contribution in [-0.4, -0.2) is 61.8 Å². The summed E-state index contributed by atoms with van der Waals surface area (Å²) in [5.74, 6) is -1.18. The van der Waals surface area contributed by atoms with E-state index < -0.39 is 28.0 Å². The number of fused-ring (bicyclic) bond motifs is 1. The molecule has 34 heavy (non-hydrogen) atoms. The first-order valence-electron chi connectivity index (χ1n) is 10.5. The average Bonchev–Trinajstić information content (AvgIpc) is 3.29. The lowest BCUT2D eigenvalue weighted by atomic mass is 10.1. The molecule has 0 bridgehead atoms. The molecule has 3 aromatic rings. The smallest absolute Gasteiger partial charge is 0.259 e. The van der Waals surface area contributed by atoms with Crippen molar-refractivity contribution < 1.29 is 18.0 Å². The highest BCUT2D eigenvalue weighted by atomic mass is 35.5. The molecule has 1 saturated heterocycles. The molecule has 178 valence electrons. The summed E-state index contributed by atoms with van der Waals surface area (Å²) in [5.41, 5.74) is 5.69. The second kappa shape index (κ2) is 9.89. The molecule has 0 radical (unpaired) electrons. The fourth-order valence-corrected chi connectivity index (χ4v) is 5.77. The molecular weight excluding hydrogens is 499 g/mol. The van der Waals surface area contributed by atoms with Crippen molar-refractivity contribution in [2.45, 2.75) is 11.1 Å². The number of amides is 2. The number of nitrogens with two attached hydrogens (primary N) is 1. The number of carbonyl (C=O) groups is 2. The number of sulfonamides is 1. The van der Waals surface area contributed by atoms with Gasteiger partial charge in [0.2, 0.25) is 10.0 Å². The monoisotopic (exact) mass is 520 g/mol. The Balaban J connectivity index is 1.72. The Labute approximate surface area is 207 Å². The lowest BCUT2D eigenvalue weighted by Gasteiger charge is -2.29. The Hall–Kier alpha value is -2.69. The number of benzene rings is 3. The minimum absolute atomic E-state index is 0.0204. The van der Waals surface area contributed by atoms with Crippen molar-refractivity contribution in [3.63, 3.8) is 0 Å². The molecule has 1 heterocycles. The molecule has 8 nitrogen and oxygen atoms in total. The first-order valence-corrected chi connectivity index (χ1v) is 12.7. The van der Waals surface area contributed by atoms with Crippen molar-refractivity contribution in [1.82, 2.24) is 14.5 Å². The van der Waals surface area contributed by atoms with Crippen LogP contribution < -0.4 is 11.1 Å². The SMILES string of the molecule is NCCNC(=O)C1N(C(=O)c2ccc(Cl)c(Cl)c2)CCN1S(=O)(=O)c1ccc2ccccc2c1. The summed E-state index contributed by atoms with van der Waals surface area (Å²) in [7, 11) is -4.11. The van der Waals surface area contributed by atoms with E-state index in [0.29, 0.717) is 0 Å². The van der Waals surface area contributed by atoms with Crippen molar-refractivity contribution in [2.24, 2.45) is 5.73 Å². The van der Waals surface area contributed by atoms with Crippen LogP contribution in [0.25, 0.3) is 10.8 Å². The van der Waals surface area contributed by atoms with Gasteiger partial charge in [0.05, 0.1) is 14.9 Å². The van der Waals surface area contributed by atoms with Crippen molar-refractivity contribution >= 4 is 55.8 Å². The molecule has 0 aliphatic carbocycles. The Morgan fingerprint density at radius 1 is 0.971 bits per heavy atom. The Morgan fingerprint density at radius 3 is 2.41 bits per heavy atom. The summed E-state index contributed by atoms with van der Waals surface area (Å²) < 4.78 is 28.3. The molecule has 0 spiro atoms. The van der Waals surface area contributed by atoms with Gasteiger partial charge in [-0.15, -0.1) is 0 Å². The zero-order chi connectivity index (χ0) is 24.5. The number of hydrogen-bond donors (Lipinski definition) is 2. The normalized spacial score (nSPS) is 16.7. The summed E-state index contributed by atoms with van der Waals surface area (Å²) in [6.45, 7) is 0.264. The van der Waals surface area contributed by atoms with Crippen LogP contribution in [0, 0.1) is 0 Å². The predicted molar refractivity (Wildman–Crippen MR) is 131 cm³/mol. The van der Waals surface area contributed by atoms with Crippen molar-refractivity contribution in [3.05, 3.63) is 76.3 Å². The Kier molecular flexibility index (Phi) is 7.11. The van der Waals surface area contributed by atoms with E-state index in [1.807, 2.05) is 24.3 Å². The van der Waals surface area contributed by atoms with E-state index in [2.05, 4.69) is 5.32 Å². The summed E-state index contributed by atoms with van der Waals surface area (Å²) in [6.07, 6.45) is -1.38. The Bertz CT molecular complexity index is 1370. The van der Waals surface area contributed by atoms with E-state index >= 15 is 0 Å². The number of carbonyl (C=O) groups excluding carboxylic acids is 2. The van der Waals surface area contributed by atoms with E-state index in [1.54, 1.807) is 12.1 Å². The molecule has 0 saturated carbocycles. The molecule has 4 rings (SSSR count). The number of halogens is 2. The van der Waals surface area contributed by atoms with Gasteiger partial charge in [0, 0.05) is 31.7 Å². The number of rotatable bonds is 6. The van der Waals surface area contributed by atoms with Crippen LogP contribution in [-0.2, 0) is 14.8 Å². The van der Waals surface area contributed by atoms with Gasteiger partial charge in [0.25, 0.3) is 11.8 Å². The molecule has 1 unspecified atom stereocenters. The molecule has 3 N–H and O–H groups in total. The van der Waals surface area contributed by atoms with Crippen molar-refractivity contribution in [3.8, 4) is 0 Å². The van der Waals surface area contributed by atoms with Gasteiger partial charge in [-0.05, 0) is 41.1 Å². The topological polar surface area (TPSA) is 113 Å². The third-order valence-electron chi connectivity index (χ3n) is 5.56. The van der Waals surface area contributed by atoms with Gasteiger partial charge in [0.1, 0.15) is 0 Å². The first kappa shape index (κ1) is 24.4. The highest BCUT2D eigenvalue weighted by Crippen LogP contribution is 2.29. The van der Waals surface area contributed by atoms with Crippen LogP contribution >= 0.6 is 23.2 Å². The average molecular weight is 521 g/mol. The van der Waals surface area contributed by atoms with Crippen molar-refractivity contribution in [2.75, 3.05) is 26.2 Å². The van der Waals surface area contributed by atoms with Gasteiger partial charge in [-0.25, -0.2) is 8.42 Å². The molecular formula is C23H22Cl2N4O4S. The number of hydrogen-bond acceptors (Lipinski definition) is 5. The minimum atomic E-state index is -4.11. The highest BCUT2D eigenvalue weighted by Gasteiger charge is 2.46. The maximum Gasteiger partial charge on any atom is 0.259 e. The molecule has 11 heteroatoms. The number of nitrogens with zero attached hydrogens (tertiary/aromatic N) is 2. The molecule has 1 aliphatic rings. The van der Waals surface area contributed by atoms with Gasteiger partial charge in [-0.1, -0.05) is 53.5 Å². The van der Waals surface area contributed by atoms with Crippen LogP contribution in [0.5, 0.6) is 0 Å². The summed E-state index contributed by atoms with van der Waals surface area (Å²) in [6, 6.07) is 16.5. The Morgan fingerprint density at radius 2 is 1.71 bits per heavy atom. The standard InChI is InChI=1S/C23H22Cl2N4O4S/c24-19-8-6-17(14-20(19)25)23(31)28-11-12-29(22(28)21(30)27-10-9-26)34(32,33)18-7-5-15-3-1-2-4-16(15)13-18/h1-8,13-14,22H,9-12,26H2,(H,27,30). The molecule has 1 atom stereocenters. The fourth-order valence-electron chi connectivity index (χ4n) is 3.89. The lowest BCUT2D eigenvalue weighted by molar-refractivity contribution is -0.127. The molecule has 0 aromatic heterocycles. The molecule has 1 fully saturated rings. The molecule has 1 aliphatic heterocycles. The number of nitrogens with one attached hydrogen (secondary N) is 1. The van der Waals surface area contributed by atoms with E-state index in [4.69, 9.17) is 28.9 Å². The van der Waals surface area contributed by atoms with Crippen LogP contribution in [0.4, 0.5) is 0 Å². The second-order valence-electron chi connectivity index (χ2n) is 7.71. The zero-order valence-electron chi connectivity index (χ0n) is 17.9. The molecule has 3 aromatic carbocycles. The van der Waals surface area contributed by atoms with E-state index in [1.165, 1.54) is 29.2 Å². The van der Waals surface area contributed by atoms with Gasteiger partial charge >= 0.3 is 0 Å². The van der Waals surface area contributed by atoms with Crippen LogP contribution in [0.3, 0.4) is 0 Å². The third-order valence-corrected chi connectivity index (χ3v) is 8.15. The first-order chi connectivity index (χ1) is 16.2. The van der Waals surface area contributed by atoms with Gasteiger partial charge in [-0.3, -0.25) is 9.59 Å². The van der Waals surface area contributed by atoms with Crippen LogP contribution in [0.15, 0.2) is 65.6 Å². The molecule has 2 amide bonds.